The molecule has 6 rings (SSSR count). The third-order valence-corrected chi connectivity index (χ3v) is 6.98. The second-order valence-electron chi connectivity index (χ2n) is 8.97. The van der Waals surface area contributed by atoms with Crippen molar-refractivity contribution in [1.82, 2.24) is 0 Å². The molecule has 2 aromatic carbocycles. The Balaban J connectivity index is 0.00000133. The molecule has 0 saturated heterocycles. The van der Waals surface area contributed by atoms with Crippen LogP contribution in [0.2, 0.25) is 0 Å². The molecule has 0 amide bonds. The van der Waals surface area contributed by atoms with Gasteiger partial charge < -0.3 is 29.6 Å². The van der Waals surface area contributed by atoms with Crippen LogP contribution in [-0.2, 0) is 31.0 Å². The Morgan fingerprint density at radius 2 is 0.953 bits per heavy atom. The number of benzene rings is 2. The Morgan fingerprint density at radius 1 is 0.605 bits per heavy atom. The van der Waals surface area contributed by atoms with Crippen molar-refractivity contribution in [3.05, 3.63) is 182 Å². The number of hydrogen-bond acceptors (Lipinski definition) is 1. The quantitative estimate of drug-likeness (QED) is 0.290. The number of rotatable bonds is 6. The molecule has 0 aliphatic heterocycles. The summed E-state index contributed by atoms with van der Waals surface area (Å²) < 4.78 is 4.83. The van der Waals surface area contributed by atoms with Crippen molar-refractivity contribution >= 4 is 17.0 Å². The van der Waals surface area contributed by atoms with Crippen LogP contribution in [0.5, 0.6) is 0 Å². The molecule has 10 radical (unpaired) electrons. The topological polar surface area (TPSA) is 9.23 Å². The molecular weight excluding hydrogens is 683 g/mol. The van der Waals surface area contributed by atoms with Gasteiger partial charge >= 0.3 is 75.6 Å². The van der Waals surface area contributed by atoms with Gasteiger partial charge in [-0.15, -0.1) is 0 Å². The van der Waals surface area contributed by atoms with Gasteiger partial charge in [-0.3, -0.25) is 0 Å². The summed E-state index contributed by atoms with van der Waals surface area (Å²) in [6, 6.07) is 21.9. The smallest absolute Gasteiger partial charge is 1.00 e. The van der Waals surface area contributed by atoms with Gasteiger partial charge in [0.2, 0.25) is 0 Å². The van der Waals surface area contributed by atoms with Gasteiger partial charge in [-0.25, -0.2) is 0 Å². The van der Waals surface area contributed by atoms with E-state index in [9.17, 15) is 0 Å². The number of halogens is 4. The maximum Gasteiger partial charge on any atom is 1.00 e. The first-order chi connectivity index (χ1) is 19.2. The number of fused-ring (bicyclic) bond motifs is 3. The van der Waals surface area contributed by atoms with E-state index in [1.165, 1.54) is 46.6 Å². The van der Waals surface area contributed by atoms with E-state index < -0.39 is 26.3 Å². The van der Waals surface area contributed by atoms with E-state index in [1.54, 1.807) is 0 Å². The largest absolute Gasteiger partial charge is 1.00 e. The van der Waals surface area contributed by atoms with Crippen LogP contribution in [0.1, 0.15) is 25.0 Å². The van der Waals surface area contributed by atoms with Crippen molar-refractivity contribution < 1.29 is 88.1 Å². The normalized spacial score (nSPS) is 17.8. The fourth-order valence-electron chi connectivity index (χ4n) is 5.56. The SMILES string of the molecule is CCOCC.[CH]1[CH][CH][C](C([C]2[C]3C=CC=C[C]3[C]3C=CC=C[C]32)(c2ccccc2)c2ccccc2)[CH]1.[Cl-].[Cl-].[Cl][Zr+2][Cl].[Li+].[Li+]. The van der Waals surface area contributed by atoms with Crippen LogP contribution >= 0.6 is 17.0 Å². The Morgan fingerprint density at radius 3 is 1.28 bits per heavy atom. The van der Waals surface area contributed by atoms with Crippen LogP contribution in [-0.4, -0.2) is 13.2 Å². The Hall–Kier alpha value is 0.598. The zero-order valence-electron chi connectivity index (χ0n) is 25.0. The zero-order chi connectivity index (χ0) is 27.5. The van der Waals surface area contributed by atoms with Gasteiger partial charge in [-0.05, 0) is 56.6 Å². The van der Waals surface area contributed by atoms with Crippen LogP contribution in [0.15, 0.2) is 109 Å². The molecule has 43 heavy (non-hydrogen) atoms. The number of allylic oxidation sites excluding steroid dienone is 8. The molecule has 4 aliphatic carbocycles. The molecule has 2 fully saturated rings. The first-order valence-electron chi connectivity index (χ1n) is 13.2. The predicted octanol–water partition coefficient (Wildman–Crippen LogP) is -3.05. The van der Waals surface area contributed by atoms with Crippen molar-refractivity contribution in [3.63, 3.8) is 0 Å². The minimum Gasteiger partial charge on any atom is 1.00 e. The van der Waals surface area contributed by atoms with E-state index in [-0.39, 0.29) is 62.5 Å². The molecule has 0 atom stereocenters. The van der Waals surface area contributed by atoms with E-state index in [1.807, 2.05) is 13.8 Å². The van der Waals surface area contributed by atoms with Crippen molar-refractivity contribution in [3.8, 4) is 0 Å². The second kappa shape index (κ2) is 23.0. The average Bonchev–Trinajstić information content (AvgIpc) is 3.64. The molecule has 0 aromatic heterocycles. The molecule has 0 spiro atoms. The molecule has 0 heterocycles. The Labute approximate surface area is 316 Å². The first-order valence-corrected chi connectivity index (χ1v) is 19.5. The summed E-state index contributed by atoms with van der Waals surface area (Å²) in [5, 5.41) is 0. The molecule has 1 nitrogen and oxygen atoms in total. The van der Waals surface area contributed by atoms with Gasteiger partial charge in [0.15, 0.2) is 0 Å². The number of hydrogen-bond donors (Lipinski definition) is 0. The second-order valence-corrected chi connectivity index (χ2v) is 12.7. The van der Waals surface area contributed by atoms with E-state index in [4.69, 9.17) is 21.8 Å². The van der Waals surface area contributed by atoms with Crippen LogP contribution in [0, 0.1) is 61.2 Å². The van der Waals surface area contributed by atoms with Crippen LogP contribution in [0.25, 0.3) is 0 Å². The van der Waals surface area contributed by atoms with Gasteiger partial charge in [0.05, 0.1) is 0 Å². The molecule has 8 heteroatoms. The summed E-state index contributed by atoms with van der Waals surface area (Å²) in [5.74, 6) is 7.93. The predicted molar refractivity (Wildman–Crippen MR) is 161 cm³/mol. The summed E-state index contributed by atoms with van der Waals surface area (Å²) >= 11 is -0.826. The maximum absolute atomic E-state index is 4.93. The summed E-state index contributed by atoms with van der Waals surface area (Å²) in [5.41, 5.74) is 2.16. The van der Waals surface area contributed by atoms with Gasteiger partial charge in [-0.2, -0.15) is 0 Å². The molecular formula is C35H32Cl4Li2OZr+2. The molecule has 2 aromatic rings. The van der Waals surface area contributed by atoms with E-state index in [0.29, 0.717) is 0 Å². The first kappa shape index (κ1) is 43.6. The van der Waals surface area contributed by atoms with Gasteiger partial charge in [0.1, 0.15) is 0 Å². The van der Waals surface area contributed by atoms with Crippen LogP contribution < -0.4 is 62.5 Å². The fraction of sp³-hybridized carbons (Fsp3) is 0.143. The average molecular weight is 716 g/mol. The maximum atomic E-state index is 4.93. The third-order valence-electron chi connectivity index (χ3n) is 6.98. The summed E-state index contributed by atoms with van der Waals surface area (Å²) in [4.78, 5) is 0. The van der Waals surface area contributed by atoms with Crippen LogP contribution in [0.3, 0.4) is 0 Å². The third kappa shape index (κ3) is 10.0. The van der Waals surface area contributed by atoms with Crippen LogP contribution in [0.4, 0.5) is 0 Å². The fourth-order valence-corrected chi connectivity index (χ4v) is 5.56. The van der Waals surface area contributed by atoms with Gasteiger partial charge in [0, 0.05) is 48.2 Å². The molecule has 0 unspecified atom stereocenters. The minimum absolute atomic E-state index is 0. The standard InChI is InChI=1S/C31H22.C4H10O.4ClH.2Li.Zr/c1-3-13-23(14-4-1)31(25-17-7-8-18-25,24-15-5-2-6-16-24)30-28-21-11-9-19-26(28)27-20-10-12-22-29(27)30;1-3-5-4-2;;;;;;;/h1-22H;3-4H2,1-2H3;4*1H;;;/q;;;;;;2*+1;+4/p-4. The van der Waals surface area contributed by atoms with Crippen molar-refractivity contribution in [1.29, 1.82) is 0 Å². The van der Waals surface area contributed by atoms with Crippen molar-refractivity contribution in [2.45, 2.75) is 19.3 Å². The molecule has 210 valence electrons. The molecule has 2 saturated carbocycles. The van der Waals surface area contributed by atoms with E-state index in [2.05, 4.69) is 135 Å². The monoisotopic (exact) mass is 712 g/mol. The van der Waals surface area contributed by atoms with Crippen molar-refractivity contribution in [2.75, 3.05) is 13.2 Å². The van der Waals surface area contributed by atoms with Crippen molar-refractivity contribution in [2.24, 2.45) is 0 Å². The molecule has 0 bridgehead atoms. The summed E-state index contributed by atoms with van der Waals surface area (Å²) in [6.45, 7) is 5.67. The molecule has 4 aliphatic rings. The van der Waals surface area contributed by atoms with E-state index in [0.717, 1.165) is 13.2 Å². The summed E-state index contributed by atoms with van der Waals surface area (Å²) in [7, 11) is 9.87. The van der Waals surface area contributed by atoms with Gasteiger partial charge in [-0.1, -0.05) is 109 Å². The Bertz CT molecular complexity index is 1050. The number of ether oxygens (including phenoxy) is 1. The van der Waals surface area contributed by atoms with Gasteiger partial charge in [0.25, 0.3) is 0 Å². The minimum atomic E-state index is -0.826. The van der Waals surface area contributed by atoms with E-state index >= 15 is 0 Å². The molecule has 0 N–H and O–H groups in total. The Kier molecular flexibility index (Phi) is 23.3. The zero-order valence-corrected chi connectivity index (χ0v) is 30.5. The summed E-state index contributed by atoms with van der Waals surface area (Å²) in [6.07, 6.45) is 26.6.